The Morgan fingerprint density at radius 2 is 2.00 bits per heavy atom. The van der Waals surface area contributed by atoms with Crippen LogP contribution in [0.25, 0.3) is 5.69 Å². The number of nitrogens with one attached hydrogen (secondary N) is 2. The molecule has 162 valence electrons. The SMILES string of the molecule is Cc1c(C(=O)NC[C@@H]2CCC[C@H]2NS(C)(=O)=O)nnn1-c1ccc2c(c1)OCCO2. The fourth-order valence-electron chi connectivity index (χ4n) is 3.97. The third-order valence-corrected chi connectivity index (χ3v) is 6.16. The molecule has 4 rings (SSSR count). The molecule has 0 saturated heterocycles. The molecular formula is C19H25N5O5S. The van der Waals surface area contributed by atoms with Crippen LogP contribution in [0.15, 0.2) is 18.2 Å². The molecule has 0 bridgehead atoms. The summed E-state index contributed by atoms with van der Waals surface area (Å²) >= 11 is 0. The summed E-state index contributed by atoms with van der Waals surface area (Å²) in [6.07, 6.45) is 3.71. The molecule has 2 N–H and O–H groups in total. The molecule has 1 saturated carbocycles. The minimum absolute atomic E-state index is 0.0526. The Labute approximate surface area is 175 Å². The van der Waals surface area contributed by atoms with Gasteiger partial charge in [0, 0.05) is 18.7 Å². The van der Waals surface area contributed by atoms with Crippen molar-refractivity contribution < 1.29 is 22.7 Å². The minimum Gasteiger partial charge on any atom is -0.486 e. The molecule has 1 aromatic carbocycles. The second kappa shape index (κ2) is 8.23. The topological polar surface area (TPSA) is 124 Å². The van der Waals surface area contributed by atoms with Crippen molar-refractivity contribution in [3.05, 3.63) is 29.6 Å². The third-order valence-electron chi connectivity index (χ3n) is 5.43. The highest BCUT2D eigenvalue weighted by atomic mass is 32.2. The van der Waals surface area contributed by atoms with Gasteiger partial charge < -0.3 is 14.8 Å². The van der Waals surface area contributed by atoms with Crippen LogP contribution in [0.3, 0.4) is 0 Å². The van der Waals surface area contributed by atoms with Gasteiger partial charge in [0.25, 0.3) is 5.91 Å². The maximum Gasteiger partial charge on any atom is 0.273 e. The standard InChI is InChI=1S/C19H25N5O5S/c1-12-18(19(25)20-11-13-4-3-5-15(13)22-30(2,26)27)21-23-24(12)14-6-7-16-17(10-14)29-9-8-28-16/h6-7,10,13,15,22H,3-5,8-9,11H2,1-2H3,(H,20,25)/t13-,15+/m0/s1. The second-order valence-electron chi connectivity index (χ2n) is 7.66. The van der Waals surface area contributed by atoms with Gasteiger partial charge in [-0.05, 0) is 37.8 Å². The highest BCUT2D eigenvalue weighted by Gasteiger charge is 2.30. The highest BCUT2D eigenvalue weighted by molar-refractivity contribution is 7.88. The van der Waals surface area contributed by atoms with E-state index in [-0.39, 0.29) is 23.6 Å². The van der Waals surface area contributed by atoms with E-state index in [0.29, 0.717) is 37.0 Å². The molecular weight excluding hydrogens is 410 g/mol. The quantitative estimate of drug-likeness (QED) is 0.687. The Morgan fingerprint density at radius 1 is 1.23 bits per heavy atom. The molecule has 0 unspecified atom stereocenters. The van der Waals surface area contributed by atoms with E-state index >= 15 is 0 Å². The first-order chi connectivity index (χ1) is 14.3. The summed E-state index contributed by atoms with van der Waals surface area (Å²) in [5.41, 5.74) is 1.55. The van der Waals surface area contributed by atoms with Crippen LogP contribution in [-0.2, 0) is 10.0 Å². The molecule has 2 atom stereocenters. The summed E-state index contributed by atoms with van der Waals surface area (Å²) in [7, 11) is -3.28. The maximum absolute atomic E-state index is 12.7. The molecule has 2 aliphatic rings. The van der Waals surface area contributed by atoms with E-state index in [4.69, 9.17) is 9.47 Å². The van der Waals surface area contributed by atoms with Gasteiger partial charge in [0.15, 0.2) is 17.2 Å². The van der Waals surface area contributed by atoms with Crippen LogP contribution in [0.5, 0.6) is 11.5 Å². The van der Waals surface area contributed by atoms with E-state index in [1.807, 2.05) is 6.07 Å². The van der Waals surface area contributed by atoms with Gasteiger partial charge in [0.05, 0.1) is 17.6 Å². The molecule has 1 aliphatic carbocycles. The van der Waals surface area contributed by atoms with Crippen molar-refractivity contribution >= 4 is 15.9 Å². The van der Waals surface area contributed by atoms with Crippen molar-refractivity contribution in [3.8, 4) is 17.2 Å². The lowest BCUT2D eigenvalue weighted by molar-refractivity contribution is 0.0940. The number of rotatable bonds is 6. The fourth-order valence-corrected chi connectivity index (χ4v) is 4.83. The van der Waals surface area contributed by atoms with E-state index in [0.717, 1.165) is 31.2 Å². The number of hydrogen-bond acceptors (Lipinski definition) is 7. The first-order valence-corrected chi connectivity index (χ1v) is 11.8. The fraction of sp³-hybridized carbons (Fsp3) is 0.526. The number of amides is 1. The molecule has 0 radical (unpaired) electrons. The van der Waals surface area contributed by atoms with E-state index < -0.39 is 10.0 Å². The van der Waals surface area contributed by atoms with Gasteiger partial charge in [-0.1, -0.05) is 11.6 Å². The molecule has 11 heteroatoms. The number of sulfonamides is 1. The Balaban J connectivity index is 1.44. The van der Waals surface area contributed by atoms with Gasteiger partial charge in [-0.3, -0.25) is 4.79 Å². The predicted molar refractivity (Wildman–Crippen MR) is 109 cm³/mol. The smallest absolute Gasteiger partial charge is 0.273 e. The second-order valence-corrected chi connectivity index (χ2v) is 9.44. The highest BCUT2D eigenvalue weighted by Crippen LogP contribution is 2.32. The van der Waals surface area contributed by atoms with Crippen LogP contribution in [0.2, 0.25) is 0 Å². The number of carbonyl (C=O) groups is 1. The number of ether oxygens (including phenoxy) is 2. The predicted octanol–water partition coefficient (Wildman–Crippen LogP) is 0.795. The molecule has 10 nitrogen and oxygen atoms in total. The first-order valence-electron chi connectivity index (χ1n) is 9.89. The zero-order valence-electron chi connectivity index (χ0n) is 16.9. The lowest BCUT2D eigenvalue weighted by Gasteiger charge is -2.20. The van der Waals surface area contributed by atoms with Crippen molar-refractivity contribution in [2.24, 2.45) is 5.92 Å². The Hall–Kier alpha value is -2.66. The molecule has 1 aromatic heterocycles. The van der Waals surface area contributed by atoms with Crippen LogP contribution in [-0.4, -0.2) is 61.4 Å². The minimum atomic E-state index is -3.28. The number of hydrogen-bond donors (Lipinski definition) is 2. The van der Waals surface area contributed by atoms with E-state index in [9.17, 15) is 13.2 Å². The number of aromatic nitrogens is 3. The Kier molecular flexibility index (Phi) is 5.65. The van der Waals surface area contributed by atoms with E-state index in [1.54, 1.807) is 23.7 Å². The van der Waals surface area contributed by atoms with Crippen molar-refractivity contribution in [3.63, 3.8) is 0 Å². The van der Waals surface area contributed by atoms with Crippen molar-refractivity contribution in [2.45, 2.75) is 32.2 Å². The summed E-state index contributed by atoms with van der Waals surface area (Å²) in [6.45, 7) is 3.15. The van der Waals surface area contributed by atoms with Gasteiger partial charge in [0.1, 0.15) is 13.2 Å². The van der Waals surface area contributed by atoms with Crippen molar-refractivity contribution in [2.75, 3.05) is 26.0 Å². The Bertz CT molecular complexity index is 1050. The number of fused-ring (bicyclic) bond motifs is 1. The summed E-state index contributed by atoms with van der Waals surface area (Å²) in [5, 5.41) is 11.0. The van der Waals surface area contributed by atoms with E-state index in [1.165, 1.54) is 0 Å². The van der Waals surface area contributed by atoms with Gasteiger partial charge in [0.2, 0.25) is 10.0 Å². The summed E-state index contributed by atoms with van der Waals surface area (Å²) in [4.78, 5) is 12.7. The van der Waals surface area contributed by atoms with E-state index in [2.05, 4.69) is 20.4 Å². The molecule has 0 spiro atoms. The van der Waals surface area contributed by atoms with Crippen molar-refractivity contribution in [1.29, 1.82) is 0 Å². The van der Waals surface area contributed by atoms with Gasteiger partial charge in [-0.2, -0.15) is 0 Å². The summed E-state index contributed by atoms with van der Waals surface area (Å²) in [6, 6.07) is 5.28. The largest absolute Gasteiger partial charge is 0.486 e. The van der Waals surface area contributed by atoms with Gasteiger partial charge in [-0.25, -0.2) is 17.8 Å². The molecule has 2 aromatic rings. The van der Waals surface area contributed by atoms with Crippen molar-refractivity contribution in [1.82, 2.24) is 25.0 Å². The zero-order valence-corrected chi connectivity index (χ0v) is 17.7. The number of benzene rings is 1. The molecule has 30 heavy (non-hydrogen) atoms. The van der Waals surface area contributed by atoms with Crippen LogP contribution in [0.1, 0.15) is 35.4 Å². The number of carbonyl (C=O) groups excluding carboxylic acids is 1. The maximum atomic E-state index is 12.7. The van der Waals surface area contributed by atoms with Gasteiger partial charge in [-0.15, -0.1) is 5.10 Å². The monoisotopic (exact) mass is 435 g/mol. The molecule has 1 amide bonds. The lowest BCUT2D eigenvalue weighted by atomic mass is 10.0. The average Bonchev–Trinajstić information content (AvgIpc) is 3.30. The third kappa shape index (κ3) is 4.41. The lowest BCUT2D eigenvalue weighted by Crippen LogP contribution is -2.41. The summed E-state index contributed by atoms with van der Waals surface area (Å²) in [5.74, 6) is 1.03. The van der Waals surface area contributed by atoms with Crippen LogP contribution < -0.4 is 19.5 Å². The number of nitrogens with zero attached hydrogens (tertiary/aromatic N) is 3. The Morgan fingerprint density at radius 3 is 2.77 bits per heavy atom. The first kappa shape index (κ1) is 20.6. The molecule has 2 heterocycles. The zero-order chi connectivity index (χ0) is 21.3. The average molecular weight is 436 g/mol. The van der Waals surface area contributed by atoms with Crippen LogP contribution in [0, 0.1) is 12.8 Å². The molecule has 1 aliphatic heterocycles. The van der Waals surface area contributed by atoms with Gasteiger partial charge >= 0.3 is 0 Å². The molecule has 1 fully saturated rings. The van der Waals surface area contributed by atoms with Crippen LogP contribution >= 0.6 is 0 Å². The normalized spacial score (nSPS) is 20.9. The summed E-state index contributed by atoms with van der Waals surface area (Å²) < 4.78 is 38.4. The van der Waals surface area contributed by atoms with Crippen LogP contribution in [0.4, 0.5) is 0 Å².